The summed E-state index contributed by atoms with van der Waals surface area (Å²) in [6.45, 7) is 0. The van der Waals surface area contributed by atoms with Gasteiger partial charge in [-0.25, -0.2) is 0 Å². The van der Waals surface area contributed by atoms with Crippen molar-refractivity contribution in [2.75, 3.05) is 0 Å². The van der Waals surface area contributed by atoms with Gasteiger partial charge in [-0.15, -0.1) is 10.2 Å². The molecular formula is C19H11F3N2S. The van der Waals surface area contributed by atoms with Crippen LogP contribution in [0.15, 0.2) is 66.7 Å². The minimum atomic E-state index is -4.43. The lowest BCUT2D eigenvalue weighted by Gasteiger charge is -2.09. The summed E-state index contributed by atoms with van der Waals surface area (Å²) in [5.74, 6) is 0. The normalized spacial score (nSPS) is 11.8. The van der Waals surface area contributed by atoms with Gasteiger partial charge in [0.25, 0.3) is 0 Å². The van der Waals surface area contributed by atoms with Gasteiger partial charge in [-0.3, -0.25) is 0 Å². The molecule has 0 radical (unpaired) electrons. The molecule has 0 bridgehead atoms. The molecule has 2 nitrogen and oxygen atoms in total. The van der Waals surface area contributed by atoms with Crippen molar-refractivity contribution >= 4 is 22.1 Å². The van der Waals surface area contributed by atoms with Crippen molar-refractivity contribution in [3.05, 3.63) is 72.3 Å². The predicted molar refractivity (Wildman–Crippen MR) is 93.3 cm³/mol. The number of hydrogen-bond donors (Lipinski definition) is 0. The summed E-state index contributed by atoms with van der Waals surface area (Å²) >= 11 is 1.16. The lowest BCUT2D eigenvalue weighted by atomic mass is 10.1. The first-order valence-corrected chi connectivity index (χ1v) is 8.34. The van der Waals surface area contributed by atoms with Crippen LogP contribution >= 0.6 is 11.3 Å². The second-order valence-corrected chi connectivity index (χ2v) is 6.46. The minimum absolute atomic E-state index is 0.0546. The maximum atomic E-state index is 13.2. The highest BCUT2D eigenvalue weighted by Crippen LogP contribution is 2.40. The molecule has 25 heavy (non-hydrogen) atoms. The molecule has 0 saturated heterocycles. The third-order valence-corrected chi connectivity index (χ3v) is 4.90. The molecule has 4 rings (SSSR count). The van der Waals surface area contributed by atoms with Crippen LogP contribution in [0.3, 0.4) is 0 Å². The van der Waals surface area contributed by atoms with Crippen LogP contribution in [0.25, 0.3) is 31.9 Å². The van der Waals surface area contributed by atoms with Gasteiger partial charge in [0.2, 0.25) is 0 Å². The number of hydrogen-bond acceptors (Lipinski definition) is 3. The summed E-state index contributed by atoms with van der Waals surface area (Å²) in [6, 6.07) is 19.1. The molecule has 6 heteroatoms. The Labute approximate surface area is 145 Å². The first kappa shape index (κ1) is 15.8. The summed E-state index contributed by atoms with van der Waals surface area (Å²) in [5, 5.41) is 11.1. The highest BCUT2D eigenvalue weighted by molar-refractivity contribution is 7.18. The Hall–Kier alpha value is -2.73. The number of nitrogens with zero attached hydrogens (tertiary/aromatic N) is 2. The van der Waals surface area contributed by atoms with Crippen LogP contribution < -0.4 is 0 Å². The fourth-order valence-electron chi connectivity index (χ4n) is 2.77. The molecule has 0 spiro atoms. The Morgan fingerprint density at radius 1 is 0.680 bits per heavy atom. The van der Waals surface area contributed by atoms with Crippen LogP contribution in [0.5, 0.6) is 0 Å². The molecule has 0 N–H and O–H groups in total. The van der Waals surface area contributed by atoms with Gasteiger partial charge in [-0.2, -0.15) is 13.2 Å². The average Bonchev–Trinajstić information content (AvgIpc) is 3.10. The summed E-state index contributed by atoms with van der Waals surface area (Å²) in [5.41, 5.74) is 0.223. The molecule has 0 unspecified atom stereocenters. The van der Waals surface area contributed by atoms with E-state index in [1.807, 2.05) is 42.5 Å². The van der Waals surface area contributed by atoms with Crippen molar-refractivity contribution < 1.29 is 13.2 Å². The number of fused-ring (bicyclic) bond motifs is 1. The van der Waals surface area contributed by atoms with Crippen LogP contribution in [-0.4, -0.2) is 10.2 Å². The van der Waals surface area contributed by atoms with Gasteiger partial charge in [0.1, 0.15) is 10.0 Å². The highest BCUT2D eigenvalue weighted by Gasteiger charge is 2.34. The molecule has 0 fully saturated rings. The molecule has 124 valence electrons. The second-order valence-electron chi connectivity index (χ2n) is 5.48. The van der Waals surface area contributed by atoms with Crippen molar-refractivity contribution in [1.29, 1.82) is 0 Å². The van der Waals surface area contributed by atoms with Crippen LogP contribution in [0, 0.1) is 0 Å². The third kappa shape index (κ3) is 2.89. The molecule has 1 heterocycles. The van der Waals surface area contributed by atoms with Crippen LogP contribution in [0.4, 0.5) is 13.2 Å². The molecule has 0 aliphatic rings. The van der Waals surface area contributed by atoms with Crippen LogP contribution in [-0.2, 0) is 6.18 Å². The summed E-state index contributed by atoms with van der Waals surface area (Å²) < 4.78 is 39.7. The Morgan fingerprint density at radius 3 is 2.08 bits per heavy atom. The van der Waals surface area contributed by atoms with E-state index >= 15 is 0 Å². The number of rotatable bonds is 2. The van der Waals surface area contributed by atoms with Crippen LogP contribution in [0.2, 0.25) is 0 Å². The average molecular weight is 356 g/mol. The number of halogens is 3. The second kappa shape index (κ2) is 5.97. The largest absolute Gasteiger partial charge is 0.417 e. The lowest BCUT2D eigenvalue weighted by Crippen LogP contribution is -2.06. The van der Waals surface area contributed by atoms with E-state index in [1.165, 1.54) is 12.1 Å². The predicted octanol–water partition coefficient (Wildman–Crippen LogP) is 6.04. The summed E-state index contributed by atoms with van der Waals surface area (Å²) in [6.07, 6.45) is -4.43. The fraction of sp³-hybridized carbons (Fsp3) is 0.0526. The Kier molecular flexibility index (Phi) is 3.77. The maximum absolute atomic E-state index is 13.2. The van der Waals surface area contributed by atoms with Gasteiger partial charge < -0.3 is 0 Å². The quantitative estimate of drug-likeness (QED) is 0.437. The molecule has 0 atom stereocenters. The molecule has 4 aromatic rings. The first-order valence-electron chi connectivity index (χ1n) is 7.52. The van der Waals surface area contributed by atoms with E-state index in [-0.39, 0.29) is 10.6 Å². The molecular weight excluding hydrogens is 345 g/mol. The monoisotopic (exact) mass is 356 g/mol. The molecule has 0 amide bonds. The topological polar surface area (TPSA) is 25.8 Å². The Bertz CT molecular complexity index is 1050. The Morgan fingerprint density at radius 2 is 1.28 bits per heavy atom. The van der Waals surface area contributed by atoms with Gasteiger partial charge in [-0.05, 0) is 16.8 Å². The number of alkyl halides is 3. The van der Waals surface area contributed by atoms with E-state index in [0.29, 0.717) is 5.01 Å². The van der Waals surface area contributed by atoms with Gasteiger partial charge in [0.15, 0.2) is 0 Å². The van der Waals surface area contributed by atoms with E-state index < -0.39 is 11.7 Å². The summed E-state index contributed by atoms with van der Waals surface area (Å²) in [4.78, 5) is 0. The molecule has 0 saturated carbocycles. The number of benzene rings is 3. The van der Waals surface area contributed by atoms with E-state index in [0.717, 1.165) is 33.7 Å². The molecule has 1 aromatic heterocycles. The van der Waals surface area contributed by atoms with Crippen molar-refractivity contribution in [3.63, 3.8) is 0 Å². The first-order chi connectivity index (χ1) is 12.0. The third-order valence-electron chi connectivity index (χ3n) is 3.91. The van der Waals surface area contributed by atoms with Gasteiger partial charge >= 0.3 is 6.18 Å². The zero-order valence-corrected chi connectivity index (χ0v) is 13.6. The lowest BCUT2D eigenvalue weighted by molar-refractivity contribution is -0.137. The summed E-state index contributed by atoms with van der Waals surface area (Å²) in [7, 11) is 0. The number of aromatic nitrogens is 2. The standard InChI is InChI=1S/C19H11F3N2S/c20-19(21,22)16-11-4-3-9-15(16)18-24-23-17(25-18)14-10-5-7-12-6-1-2-8-13(12)14/h1-11H. The maximum Gasteiger partial charge on any atom is 0.417 e. The van der Waals surface area contributed by atoms with E-state index in [2.05, 4.69) is 10.2 Å². The molecule has 0 aliphatic heterocycles. The smallest absolute Gasteiger partial charge is 0.166 e. The fourth-order valence-corrected chi connectivity index (χ4v) is 3.69. The molecule has 0 aliphatic carbocycles. The van der Waals surface area contributed by atoms with Crippen LogP contribution in [0.1, 0.15) is 5.56 Å². The van der Waals surface area contributed by atoms with E-state index in [9.17, 15) is 13.2 Å². The van der Waals surface area contributed by atoms with Crippen molar-refractivity contribution in [2.45, 2.75) is 6.18 Å². The van der Waals surface area contributed by atoms with Gasteiger partial charge in [-0.1, -0.05) is 72.0 Å². The SMILES string of the molecule is FC(F)(F)c1ccccc1-c1nnc(-c2cccc3ccccc23)s1. The Balaban J connectivity index is 1.84. The zero-order valence-electron chi connectivity index (χ0n) is 12.8. The molecule has 3 aromatic carbocycles. The van der Waals surface area contributed by atoms with Gasteiger partial charge in [0.05, 0.1) is 5.56 Å². The van der Waals surface area contributed by atoms with Gasteiger partial charge in [0, 0.05) is 11.1 Å². The van der Waals surface area contributed by atoms with Crippen molar-refractivity contribution in [2.24, 2.45) is 0 Å². The van der Waals surface area contributed by atoms with Crippen molar-refractivity contribution in [1.82, 2.24) is 10.2 Å². The minimum Gasteiger partial charge on any atom is -0.166 e. The van der Waals surface area contributed by atoms with E-state index in [1.54, 1.807) is 6.07 Å². The van der Waals surface area contributed by atoms with Crippen molar-refractivity contribution in [3.8, 4) is 21.1 Å². The highest BCUT2D eigenvalue weighted by atomic mass is 32.1. The zero-order chi connectivity index (χ0) is 17.4. The van der Waals surface area contributed by atoms with E-state index in [4.69, 9.17) is 0 Å².